The molecule has 2 aromatic rings. The Morgan fingerprint density at radius 2 is 1.90 bits per heavy atom. The van der Waals surface area contributed by atoms with E-state index in [1.165, 1.54) is 12.1 Å². The van der Waals surface area contributed by atoms with Crippen molar-refractivity contribution in [1.82, 2.24) is 14.8 Å². The van der Waals surface area contributed by atoms with Crippen LogP contribution in [-0.2, 0) is 18.6 Å². The van der Waals surface area contributed by atoms with Gasteiger partial charge < -0.3 is 4.57 Å². The lowest BCUT2D eigenvalue weighted by Crippen LogP contribution is -2.10. The molecule has 0 aliphatic rings. The molecule has 7 heteroatoms. The average molecular weight is 304 g/mol. The molecule has 0 amide bonds. The van der Waals surface area contributed by atoms with E-state index < -0.39 is 11.7 Å². The lowest BCUT2D eigenvalue weighted by Gasteiger charge is -2.13. The predicted octanol–water partition coefficient (Wildman–Crippen LogP) is 4.11. The second kappa shape index (κ2) is 5.83. The summed E-state index contributed by atoms with van der Waals surface area (Å²) in [6, 6.07) is 5.35. The lowest BCUT2D eigenvalue weighted by atomic mass is 10.1. The van der Waals surface area contributed by atoms with Gasteiger partial charge in [-0.2, -0.15) is 13.2 Å². The predicted molar refractivity (Wildman–Crippen MR) is 70.3 cm³/mol. The maximum absolute atomic E-state index is 13.1. The highest BCUT2D eigenvalue weighted by atomic mass is 35.5. The van der Waals surface area contributed by atoms with Crippen molar-refractivity contribution >= 4 is 11.6 Å². The summed E-state index contributed by atoms with van der Waals surface area (Å²) in [6.07, 6.45) is -3.68. The van der Waals surface area contributed by atoms with Crippen LogP contribution in [0.2, 0.25) is 0 Å². The quantitative estimate of drug-likeness (QED) is 0.796. The standard InChI is InChI=1S/C13H13ClF3N3/c1-2-7-20-11(8-14)18-19-12(20)9-5-3-4-6-10(9)13(15,16)17/h3-6H,2,7-8H2,1H3. The van der Waals surface area contributed by atoms with Gasteiger partial charge in [0.15, 0.2) is 5.82 Å². The van der Waals surface area contributed by atoms with Crippen molar-refractivity contribution < 1.29 is 13.2 Å². The smallest absolute Gasteiger partial charge is 0.310 e. The first-order valence-corrected chi connectivity index (χ1v) is 6.67. The van der Waals surface area contributed by atoms with Gasteiger partial charge in [0, 0.05) is 12.1 Å². The molecule has 2 rings (SSSR count). The number of rotatable bonds is 4. The van der Waals surface area contributed by atoms with Crippen molar-refractivity contribution in [1.29, 1.82) is 0 Å². The van der Waals surface area contributed by atoms with Gasteiger partial charge in [-0.05, 0) is 12.5 Å². The molecule has 0 N–H and O–H groups in total. The van der Waals surface area contributed by atoms with Gasteiger partial charge in [0.05, 0.1) is 11.4 Å². The van der Waals surface area contributed by atoms with Crippen molar-refractivity contribution in [2.24, 2.45) is 0 Å². The summed E-state index contributed by atoms with van der Waals surface area (Å²) in [5.41, 5.74) is -0.691. The molecule has 0 atom stereocenters. The molecule has 1 aromatic carbocycles. The zero-order valence-electron chi connectivity index (χ0n) is 10.8. The van der Waals surface area contributed by atoms with E-state index in [2.05, 4.69) is 10.2 Å². The molecular formula is C13H13ClF3N3. The molecule has 0 unspecified atom stereocenters. The van der Waals surface area contributed by atoms with Crippen molar-refractivity contribution in [3.63, 3.8) is 0 Å². The van der Waals surface area contributed by atoms with Crippen LogP contribution < -0.4 is 0 Å². The Balaban J connectivity index is 2.60. The normalized spacial score (nSPS) is 11.8. The molecule has 108 valence electrons. The van der Waals surface area contributed by atoms with Crippen molar-refractivity contribution in [3.05, 3.63) is 35.7 Å². The van der Waals surface area contributed by atoms with E-state index >= 15 is 0 Å². The van der Waals surface area contributed by atoms with E-state index in [4.69, 9.17) is 11.6 Å². The van der Waals surface area contributed by atoms with E-state index in [-0.39, 0.29) is 17.3 Å². The van der Waals surface area contributed by atoms with Crippen LogP contribution in [0.5, 0.6) is 0 Å². The molecule has 0 saturated carbocycles. The number of hydrogen-bond acceptors (Lipinski definition) is 2. The number of benzene rings is 1. The van der Waals surface area contributed by atoms with Crippen LogP contribution in [0.25, 0.3) is 11.4 Å². The Bertz CT molecular complexity index is 593. The van der Waals surface area contributed by atoms with E-state index in [1.807, 2.05) is 6.92 Å². The first-order chi connectivity index (χ1) is 9.49. The highest BCUT2D eigenvalue weighted by molar-refractivity contribution is 6.16. The highest BCUT2D eigenvalue weighted by Gasteiger charge is 2.34. The van der Waals surface area contributed by atoms with Crippen LogP contribution in [0, 0.1) is 0 Å². The number of alkyl halides is 4. The van der Waals surface area contributed by atoms with Crippen LogP contribution in [0.4, 0.5) is 13.2 Å². The van der Waals surface area contributed by atoms with Crippen LogP contribution >= 0.6 is 11.6 Å². The first-order valence-electron chi connectivity index (χ1n) is 6.13. The molecule has 0 aliphatic heterocycles. The van der Waals surface area contributed by atoms with Crippen LogP contribution in [-0.4, -0.2) is 14.8 Å². The summed E-state index contributed by atoms with van der Waals surface area (Å²) in [4.78, 5) is 0. The Hall–Kier alpha value is -1.56. The second-order valence-electron chi connectivity index (χ2n) is 4.27. The fraction of sp³-hybridized carbons (Fsp3) is 0.385. The van der Waals surface area contributed by atoms with Gasteiger partial charge in [0.25, 0.3) is 0 Å². The minimum absolute atomic E-state index is 0.0253. The number of halogens is 4. The van der Waals surface area contributed by atoms with Gasteiger partial charge in [0.1, 0.15) is 5.82 Å². The van der Waals surface area contributed by atoms with Gasteiger partial charge >= 0.3 is 6.18 Å². The molecule has 0 bridgehead atoms. The minimum Gasteiger partial charge on any atom is -0.310 e. The van der Waals surface area contributed by atoms with E-state index in [9.17, 15) is 13.2 Å². The molecular weight excluding hydrogens is 291 g/mol. The van der Waals surface area contributed by atoms with Gasteiger partial charge in [-0.3, -0.25) is 0 Å². The molecule has 0 fully saturated rings. The van der Waals surface area contributed by atoms with Gasteiger partial charge in [-0.15, -0.1) is 21.8 Å². The zero-order valence-corrected chi connectivity index (χ0v) is 11.5. The molecule has 0 aliphatic carbocycles. The SMILES string of the molecule is CCCn1c(CCl)nnc1-c1ccccc1C(F)(F)F. The third kappa shape index (κ3) is 2.80. The highest BCUT2D eigenvalue weighted by Crippen LogP contribution is 2.36. The third-order valence-electron chi connectivity index (χ3n) is 2.87. The largest absolute Gasteiger partial charge is 0.417 e. The maximum atomic E-state index is 13.1. The summed E-state index contributed by atoms with van der Waals surface area (Å²) in [7, 11) is 0. The molecule has 0 spiro atoms. The number of nitrogens with zero attached hydrogens (tertiary/aromatic N) is 3. The lowest BCUT2D eigenvalue weighted by molar-refractivity contribution is -0.137. The third-order valence-corrected chi connectivity index (χ3v) is 3.11. The van der Waals surface area contributed by atoms with Gasteiger partial charge in [0.2, 0.25) is 0 Å². The first kappa shape index (κ1) is 14.8. The topological polar surface area (TPSA) is 30.7 Å². The van der Waals surface area contributed by atoms with E-state index in [0.717, 1.165) is 12.5 Å². The minimum atomic E-state index is -4.43. The molecule has 1 aromatic heterocycles. The van der Waals surface area contributed by atoms with Crippen LogP contribution in [0.15, 0.2) is 24.3 Å². The Morgan fingerprint density at radius 3 is 2.50 bits per heavy atom. The Labute approximate surface area is 119 Å². The number of aromatic nitrogens is 3. The molecule has 1 heterocycles. The van der Waals surface area contributed by atoms with E-state index in [0.29, 0.717) is 12.4 Å². The monoisotopic (exact) mass is 303 g/mol. The van der Waals surface area contributed by atoms with Gasteiger partial charge in [-0.1, -0.05) is 25.1 Å². The van der Waals surface area contributed by atoms with E-state index in [1.54, 1.807) is 10.6 Å². The van der Waals surface area contributed by atoms with Crippen molar-refractivity contribution in [3.8, 4) is 11.4 Å². The van der Waals surface area contributed by atoms with Gasteiger partial charge in [-0.25, -0.2) is 0 Å². The Kier molecular flexibility index (Phi) is 4.32. The molecule has 0 radical (unpaired) electrons. The maximum Gasteiger partial charge on any atom is 0.417 e. The molecule has 0 saturated heterocycles. The summed E-state index contributed by atoms with van der Waals surface area (Å²) in [5, 5.41) is 7.74. The zero-order chi connectivity index (χ0) is 14.8. The Morgan fingerprint density at radius 1 is 1.20 bits per heavy atom. The van der Waals surface area contributed by atoms with Crippen molar-refractivity contribution in [2.75, 3.05) is 0 Å². The van der Waals surface area contributed by atoms with Crippen LogP contribution in [0.3, 0.4) is 0 Å². The van der Waals surface area contributed by atoms with Crippen molar-refractivity contribution in [2.45, 2.75) is 31.9 Å². The summed E-state index contributed by atoms with van der Waals surface area (Å²) in [6.45, 7) is 2.45. The summed E-state index contributed by atoms with van der Waals surface area (Å²) in [5.74, 6) is 0.789. The number of hydrogen-bond donors (Lipinski definition) is 0. The molecule has 3 nitrogen and oxygen atoms in total. The summed E-state index contributed by atoms with van der Waals surface area (Å²) < 4.78 is 40.8. The van der Waals surface area contributed by atoms with Crippen LogP contribution in [0.1, 0.15) is 24.7 Å². The fourth-order valence-corrected chi connectivity index (χ4v) is 2.22. The fourth-order valence-electron chi connectivity index (χ4n) is 2.02. The molecule has 20 heavy (non-hydrogen) atoms. The summed E-state index contributed by atoms with van der Waals surface area (Å²) >= 11 is 5.75. The average Bonchev–Trinajstić information content (AvgIpc) is 2.81. The second-order valence-corrected chi connectivity index (χ2v) is 4.54.